The predicted molar refractivity (Wildman–Crippen MR) is 118 cm³/mol. The van der Waals surface area contributed by atoms with E-state index in [1.807, 2.05) is 24.7 Å². The minimum absolute atomic E-state index is 0.189. The summed E-state index contributed by atoms with van der Waals surface area (Å²) in [5, 5.41) is 2.72. The standard InChI is InChI=1S/C22H23ClF4N4O3/c1-4-31(5-2)20(33)13-6-7-17(18(23)10-13)12(3)28-21(34)30-29-19(32)14-8-15(22(25,26)27)11-16(24)9-14/h6-12H,4-5H2,1-3H3,(H,29,32)(H2,28,30,34)/t12-/m1/s1. The number of nitrogens with one attached hydrogen (secondary N) is 3. The van der Waals surface area contributed by atoms with Gasteiger partial charge in [-0.2, -0.15) is 13.2 Å². The topological polar surface area (TPSA) is 90.5 Å². The smallest absolute Gasteiger partial charge is 0.339 e. The number of nitrogens with zero attached hydrogens (tertiary/aromatic N) is 1. The van der Waals surface area contributed by atoms with Gasteiger partial charge in [0.1, 0.15) is 5.82 Å². The second-order valence-corrected chi connectivity index (χ2v) is 7.62. The molecule has 12 heteroatoms. The van der Waals surface area contributed by atoms with E-state index in [1.165, 1.54) is 6.07 Å². The van der Waals surface area contributed by atoms with Crippen LogP contribution < -0.4 is 16.2 Å². The molecule has 3 N–H and O–H groups in total. The van der Waals surface area contributed by atoms with Crippen molar-refractivity contribution < 1.29 is 31.9 Å². The third-order valence-electron chi connectivity index (χ3n) is 4.89. The van der Waals surface area contributed by atoms with Crippen LogP contribution in [0, 0.1) is 5.82 Å². The van der Waals surface area contributed by atoms with E-state index >= 15 is 0 Å². The minimum atomic E-state index is -4.85. The molecule has 0 saturated carbocycles. The van der Waals surface area contributed by atoms with E-state index in [4.69, 9.17) is 11.6 Å². The fraction of sp³-hybridized carbons (Fsp3) is 0.318. The lowest BCUT2D eigenvalue weighted by Gasteiger charge is -2.20. The molecule has 184 valence electrons. The van der Waals surface area contributed by atoms with Crippen molar-refractivity contribution in [1.29, 1.82) is 0 Å². The fourth-order valence-electron chi connectivity index (χ4n) is 3.09. The van der Waals surface area contributed by atoms with Gasteiger partial charge >= 0.3 is 12.2 Å². The Balaban J connectivity index is 2.01. The van der Waals surface area contributed by atoms with Crippen LogP contribution in [0.25, 0.3) is 0 Å². The molecule has 4 amide bonds. The lowest BCUT2D eigenvalue weighted by atomic mass is 10.1. The molecule has 1 atom stereocenters. The molecule has 34 heavy (non-hydrogen) atoms. The van der Waals surface area contributed by atoms with Crippen molar-refractivity contribution in [2.75, 3.05) is 13.1 Å². The van der Waals surface area contributed by atoms with Gasteiger partial charge in [-0.3, -0.25) is 15.0 Å². The summed E-state index contributed by atoms with van der Waals surface area (Å²) in [6.45, 7) is 6.36. The number of hydrogen-bond acceptors (Lipinski definition) is 3. The van der Waals surface area contributed by atoms with Gasteiger partial charge < -0.3 is 10.2 Å². The first-order chi connectivity index (χ1) is 15.9. The quantitative estimate of drug-likeness (QED) is 0.395. The largest absolute Gasteiger partial charge is 0.416 e. The van der Waals surface area contributed by atoms with Crippen LogP contribution in [0.15, 0.2) is 36.4 Å². The molecule has 0 spiro atoms. The number of amides is 4. The number of carbonyl (C=O) groups excluding carboxylic acids is 3. The van der Waals surface area contributed by atoms with Gasteiger partial charge in [-0.15, -0.1) is 0 Å². The van der Waals surface area contributed by atoms with Crippen LogP contribution in [0.1, 0.15) is 58.7 Å². The molecule has 0 aromatic heterocycles. The summed E-state index contributed by atoms with van der Waals surface area (Å²) < 4.78 is 51.9. The summed E-state index contributed by atoms with van der Waals surface area (Å²) in [4.78, 5) is 38.2. The van der Waals surface area contributed by atoms with Crippen molar-refractivity contribution in [3.63, 3.8) is 0 Å². The number of alkyl halides is 3. The van der Waals surface area contributed by atoms with Crippen LogP contribution in [-0.4, -0.2) is 35.8 Å². The highest BCUT2D eigenvalue weighted by atomic mass is 35.5. The highest BCUT2D eigenvalue weighted by molar-refractivity contribution is 6.31. The Kier molecular flexibility index (Phi) is 8.86. The van der Waals surface area contributed by atoms with E-state index in [0.29, 0.717) is 36.3 Å². The highest BCUT2D eigenvalue weighted by Gasteiger charge is 2.32. The van der Waals surface area contributed by atoms with E-state index in [0.717, 1.165) is 0 Å². The Morgan fingerprint density at radius 1 is 1.00 bits per heavy atom. The van der Waals surface area contributed by atoms with Gasteiger partial charge in [0.15, 0.2) is 0 Å². The molecule has 0 saturated heterocycles. The van der Waals surface area contributed by atoms with Gasteiger partial charge in [-0.25, -0.2) is 14.6 Å². The van der Waals surface area contributed by atoms with E-state index in [-0.39, 0.29) is 17.0 Å². The maximum absolute atomic E-state index is 13.5. The maximum Gasteiger partial charge on any atom is 0.416 e. The summed E-state index contributed by atoms with van der Waals surface area (Å²) >= 11 is 6.28. The Morgan fingerprint density at radius 3 is 2.21 bits per heavy atom. The molecule has 7 nitrogen and oxygen atoms in total. The second kappa shape index (κ2) is 11.2. The molecular formula is C22H23ClF4N4O3. The van der Waals surface area contributed by atoms with E-state index in [1.54, 1.807) is 24.0 Å². The molecule has 0 bridgehead atoms. The number of hydrogen-bond donors (Lipinski definition) is 3. The summed E-state index contributed by atoms with van der Waals surface area (Å²) in [5.41, 5.74) is 2.79. The van der Waals surface area contributed by atoms with Gasteiger partial charge in [0, 0.05) is 29.2 Å². The van der Waals surface area contributed by atoms with Crippen LogP contribution in [0.3, 0.4) is 0 Å². The van der Waals surface area contributed by atoms with Gasteiger partial charge in [0.05, 0.1) is 11.6 Å². The molecule has 0 unspecified atom stereocenters. The zero-order valence-corrected chi connectivity index (χ0v) is 19.3. The molecule has 0 radical (unpaired) electrons. The number of halogens is 5. The molecule has 0 aliphatic carbocycles. The van der Waals surface area contributed by atoms with Gasteiger partial charge in [0.25, 0.3) is 11.8 Å². The second-order valence-electron chi connectivity index (χ2n) is 7.21. The third kappa shape index (κ3) is 6.83. The molecule has 0 fully saturated rings. The third-order valence-corrected chi connectivity index (χ3v) is 5.22. The van der Waals surface area contributed by atoms with E-state index < -0.39 is 41.1 Å². The van der Waals surface area contributed by atoms with Crippen LogP contribution in [0.2, 0.25) is 5.02 Å². The number of rotatable bonds is 6. The average molecular weight is 503 g/mol. The summed E-state index contributed by atoms with van der Waals surface area (Å²) in [6.07, 6.45) is -4.85. The molecule has 0 aliphatic heterocycles. The Labute approximate surface area is 198 Å². The van der Waals surface area contributed by atoms with E-state index in [9.17, 15) is 31.9 Å². The summed E-state index contributed by atoms with van der Waals surface area (Å²) in [6, 6.07) is 4.40. The molecule has 2 rings (SSSR count). The van der Waals surface area contributed by atoms with Crippen LogP contribution in [-0.2, 0) is 6.18 Å². The minimum Gasteiger partial charge on any atom is -0.339 e. The Hall–Kier alpha value is -3.34. The zero-order chi connectivity index (χ0) is 25.6. The SMILES string of the molecule is CCN(CC)C(=O)c1ccc([C@@H](C)NC(=O)NNC(=O)c2cc(F)cc(C(F)(F)F)c2)c(Cl)c1. The van der Waals surface area contributed by atoms with Crippen molar-refractivity contribution in [2.45, 2.75) is 33.0 Å². The number of benzene rings is 2. The first kappa shape index (κ1) is 26.9. The van der Waals surface area contributed by atoms with Crippen molar-refractivity contribution in [3.05, 3.63) is 69.5 Å². The number of urea groups is 1. The summed E-state index contributed by atoms with van der Waals surface area (Å²) in [7, 11) is 0. The zero-order valence-electron chi connectivity index (χ0n) is 18.5. The van der Waals surface area contributed by atoms with Crippen molar-refractivity contribution in [3.8, 4) is 0 Å². The van der Waals surface area contributed by atoms with Crippen LogP contribution in [0.4, 0.5) is 22.4 Å². The highest BCUT2D eigenvalue weighted by Crippen LogP contribution is 2.30. The van der Waals surface area contributed by atoms with Gasteiger partial charge in [-0.05, 0) is 56.7 Å². The average Bonchev–Trinajstić information content (AvgIpc) is 2.76. The van der Waals surface area contributed by atoms with Crippen molar-refractivity contribution in [1.82, 2.24) is 21.1 Å². The predicted octanol–water partition coefficient (Wildman–Crippen LogP) is 4.69. The van der Waals surface area contributed by atoms with E-state index in [2.05, 4.69) is 5.32 Å². The number of hydrazine groups is 1. The lowest BCUT2D eigenvalue weighted by molar-refractivity contribution is -0.137. The molecule has 2 aromatic carbocycles. The Morgan fingerprint density at radius 2 is 1.65 bits per heavy atom. The molecule has 0 heterocycles. The molecule has 2 aromatic rings. The van der Waals surface area contributed by atoms with Crippen molar-refractivity contribution >= 4 is 29.4 Å². The lowest BCUT2D eigenvalue weighted by Crippen LogP contribution is -2.47. The first-order valence-electron chi connectivity index (χ1n) is 10.2. The monoisotopic (exact) mass is 502 g/mol. The van der Waals surface area contributed by atoms with Gasteiger partial charge in [-0.1, -0.05) is 17.7 Å². The van der Waals surface area contributed by atoms with Crippen molar-refractivity contribution in [2.24, 2.45) is 0 Å². The molecule has 0 aliphatic rings. The number of carbonyl (C=O) groups is 3. The normalized spacial score (nSPS) is 12.0. The first-order valence-corrected chi connectivity index (χ1v) is 10.6. The summed E-state index contributed by atoms with van der Waals surface area (Å²) in [5.74, 6) is -2.59. The fourth-order valence-corrected chi connectivity index (χ4v) is 3.43. The van der Waals surface area contributed by atoms with Crippen LogP contribution in [0.5, 0.6) is 0 Å². The maximum atomic E-state index is 13.5. The molecular weight excluding hydrogens is 480 g/mol. The Bertz CT molecular complexity index is 1070. The van der Waals surface area contributed by atoms with Crippen LogP contribution >= 0.6 is 11.6 Å². The van der Waals surface area contributed by atoms with Gasteiger partial charge in [0.2, 0.25) is 0 Å².